The van der Waals surface area contributed by atoms with Gasteiger partial charge in [0, 0.05) is 5.41 Å². The summed E-state index contributed by atoms with van der Waals surface area (Å²) in [7, 11) is 1.71. The van der Waals surface area contributed by atoms with Crippen LogP contribution in [0.15, 0.2) is 36.4 Å². The third-order valence-electron chi connectivity index (χ3n) is 6.67. The van der Waals surface area contributed by atoms with E-state index in [-0.39, 0.29) is 23.0 Å². The van der Waals surface area contributed by atoms with Gasteiger partial charge in [0.1, 0.15) is 23.7 Å². The van der Waals surface area contributed by atoms with Crippen LogP contribution in [0.2, 0.25) is 0 Å². The molecular weight excluding hydrogens is 400 g/mol. The van der Waals surface area contributed by atoms with Crippen molar-refractivity contribution in [3.63, 3.8) is 0 Å². The number of rotatable bonds is 6. The Morgan fingerprint density at radius 3 is 2.00 bits per heavy atom. The van der Waals surface area contributed by atoms with Gasteiger partial charge in [0.05, 0.1) is 7.11 Å². The lowest BCUT2D eigenvalue weighted by Gasteiger charge is -2.49. The number of hydrogen-bond acceptors (Lipinski definition) is 4. The molecule has 32 heavy (non-hydrogen) atoms. The number of carbonyl (C=O) groups is 2. The molecule has 0 saturated heterocycles. The van der Waals surface area contributed by atoms with E-state index in [9.17, 15) is 9.59 Å². The molecule has 2 atom stereocenters. The predicted octanol–water partition coefficient (Wildman–Crippen LogP) is 6.33. The maximum absolute atomic E-state index is 12.0. The van der Waals surface area contributed by atoms with E-state index >= 15 is 0 Å². The van der Waals surface area contributed by atoms with Crippen LogP contribution in [0.5, 0.6) is 11.5 Å². The number of esters is 1. The van der Waals surface area contributed by atoms with Crippen molar-refractivity contribution in [2.24, 2.45) is 11.3 Å². The fourth-order valence-corrected chi connectivity index (χ4v) is 5.78. The minimum atomic E-state index is -0.513. The van der Waals surface area contributed by atoms with Gasteiger partial charge < -0.3 is 9.47 Å². The van der Waals surface area contributed by atoms with Crippen molar-refractivity contribution in [3.8, 4) is 11.5 Å². The number of carbonyl (C=O) groups excluding carboxylic acids is 2. The van der Waals surface area contributed by atoms with Crippen LogP contribution in [0.1, 0.15) is 75.6 Å². The van der Waals surface area contributed by atoms with Gasteiger partial charge >= 0.3 is 5.97 Å². The Hall–Kier alpha value is -2.62. The van der Waals surface area contributed by atoms with Crippen LogP contribution in [0.4, 0.5) is 0 Å². The molecule has 0 bridgehead atoms. The SMILES string of the molecule is COc1ccc(C2(c3ccc(OC(=O)CC(C)=O)c(C)c3)CC(C)CC(C)(C)C2)cc1C. The lowest BCUT2D eigenvalue weighted by Crippen LogP contribution is -2.41. The lowest BCUT2D eigenvalue weighted by molar-refractivity contribution is -0.137. The van der Waals surface area contributed by atoms with E-state index in [4.69, 9.17) is 9.47 Å². The molecule has 0 radical (unpaired) electrons. The van der Waals surface area contributed by atoms with Crippen molar-refractivity contribution in [2.75, 3.05) is 7.11 Å². The van der Waals surface area contributed by atoms with E-state index in [1.807, 2.05) is 13.0 Å². The van der Waals surface area contributed by atoms with Gasteiger partial charge in [0.25, 0.3) is 0 Å². The molecule has 1 aliphatic rings. The summed E-state index contributed by atoms with van der Waals surface area (Å²) in [6.07, 6.45) is 3.09. The number of methoxy groups -OCH3 is 1. The lowest BCUT2D eigenvalue weighted by atomic mass is 9.55. The molecule has 172 valence electrons. The van der Waals surface area contributed by atoms with Crippen LogP contribution in [0.25, 0.3) is 0 Å². The van der Waals surface area contributed by atoms with Crippen LogP contribution in [-0.4, -0.2) is 18.9 Å². The molecule has 0 heterocycles. The minimum Gasteiger partial charge on any atom is -0.496 e. The zero-order valence-corrected chi connectivity index (χ0v) is 20.5. The first kappa shape index (κ1) is 24.0. The normalized spacial score (nSPS) is 22.3. The van der Waals surface area contributed by atoms with Crippen molar-refractivity contribution in [1.82, 2.24) is 0 Å². The zero-order valence-electron chi connectivity index (χ0n) is 20.5. The number of benzene rings is 2. The molecule has 0 N–H and O–H groups in total. The summed E-state index contributed by atoms with van der Waals surface area (Å²) in [6, 6.07) is 12.7. The maximum Gasteiger partial charge on any atom is 0.318 e. The van der Waals surface area contributed by atoms with Crippen LogP contribution < -0.4 is 9.47 Å². The Morgan fingerprint density at radius 2 is 1.53 bits per heavy atom. The van der Waals surface area contributed by atoms with Gasteiger partial charge in [-0.1, -0.05) is 45.0 Å². The Balaban J connectivity index is 2.08. The zero-order chi connectivity index (χ0) is 23.7. The number of ketones is 1. The third kappa shape index (κ3) is 5.06. The van der Waals surface area contributed by atoms with Gasteiger partial charge in [0.15, 0.2) is 0 Å². The highest BCUT2D eigenvalue weighted by Gasteiger charge is 2.45. The third-order valence-corrected chi connectivity index (χ3v) is 6.67. The summed E-state index contributed by atoms with van der Waals surface area (Å²) >= 11 is 0. The molecule has 2 aromatic carbocycles. The molecule has 2 unspecified atom stereocenters. The molecule has 0 aliphatic heterocycles. The molecule has 0 aromatic heterocycles. The standard InChI is InChI=1S/C28H36O4/c1-18-15-27(5,6)17-28(16-18,22-8-10-24(31-7)19(2)12-22)23-9-11-25(20(3)13-23)32-26(30)14-21(4)29/h8-13,18H,14-17H2,1-7H3. The molecule has 4 heteroatoms. The van der Waals surface area contributed by atoms with Gasteiger partial charge in [0.2, 0.25) is 0 Å². The number of ether oxygens (including phenoxy) is 2. The summed E-state index contributed by atoms with van der Waals surface area (Å²) in [5.41, 5.74) is 4.64. The molecule has 0 amide bonds. The predicted molar refractivity (Wildman–Crippen MR) is 127 cm³/mol. The first-order valence-electron chi connectivity index (χ1n) is 11.4. The number of Topliss-reactive ketones (excluding diaryl/α,β-unsaturated/α-hetero) is 1. The number of hydrogen-bond donors (Lipinski definition) is 0. The second-order valence-corrected chi connectivity index (χ2v) is 10.5. The number of aryl methyl sites for hydroxylation is 2. The van der Waals surface area contributed by atoms with Gasteiger partial charge in [-0.2, -0.15) is 0 Å². The Morgan fingerprint density at radius 1 is 0.969 bits per heavy atom. The van der Waals surface area contributed by atoms with Crippen molar-refractivity contribution >= 4 is 11.8 Å². The highest BCUT2D eigenvalue weighted by molar-refractivity contribution is 5.95. The molecule has 4 nitrogen and oxygen atoms in total. The summed E-state index contributed by atoms with van der Waals surface area (Å²) in [6.45, 7) is 12.5. The fourth-order valence-electron chi connectivity index (χ4n) is 5.78. The highest BCUT2D eigenvalue weighted by atomic mass is 16.5. The first-order chi connectivity index (χ1) is 15.0. The van der Waals surface area contributed by atoms with E-state index in [1.165, 1.54) is 24.5 Å². The van der Waals surface area contributed by atoms with E-state index in [2.05, 4.69) is 58.0 Å². The van der Waals surface area contributed by atoms with Gasteiger partial charge in [-0.25, -0.2) is 0 Å². The Bertz CT molecular complexity index is 1020. The van der Waals surface area contributed by atoms with Gasteiger partial charge in [-0.15, -0.1) is 0 Å². The summed E-state index contributed by atoms with van der Waals surface area (Å²) < 4.78 is 11.0. The molecule has 3 rings (SSSR count). The highest BCUT2D eigenvalue weighted by Crippen LogP contribution is 2.54. The minimum absolute atomic E-state index is 0.134. The van der Waals surface area contributed by atoms with E-state index in [0.29, 0.717) is 11.7 Å². The van der Waals surface area contributed by atoms with Crippen LogP contribution >= 0.6 is 0 Å². The molecule has 1 fully saturated rings. The van der Waals surface area contributed by atoms with Crippen molar-refractivity contribution in [2.45, 2.75) is 72.6 Å². The summed E-state index contributed by atoms with van der Waals surface area (Å²) in [5, 5.41) is 0. The van der Waals surface area contributed by atoms with Crippen LogP contribution in [0.3, 0.4) is 0 Å². The molecule has 0 spiro atoms. The topological polar surface area (TPSA) is 52.6 Å². The average molecular weight is 437 g/mol. The second kappa shape index (κ2) is 9.09. The largest absolute Gasteiger partial charge is 0.496 e. The van der Waals surface area contributed by atoms with Gasteiger partial charge in [-0.05, 0) is 85.8 Å². The quantitative estimate of drug-likeness (QED) is 0.302. The monoisotopic (exact) mass is 436 g/mol. The summed E-state index contributed by atoms with van der Waals surface area (Å²) in [4.78, 5) is 23.3. The van der Waals surface area contributed by atoms with Crippen LogP contribution in [0, 0.1) is 25.2 Å². The van der Waals surface area contributed by atoms with E-state index in [1.54, 1.807) is 7.11 Å². The van der Waals surface area contributed by atoms with Crippen molar-refractivity contribution < 1.29 is 19.1 Å². The molecular formula is C28H36O4. The van der Waals surface area contributed by atoms with E-state index < -0.39 is 5.97 Å². The van der Waals surface area contributed by atoms with Crippen LogP contribution in [-0.2, 0) is 15.0 Å². The van der Waals surface area contributed by atoms with Crippen molar-refractivity contribution in [3.05, 3.63) is 58.7 Å². The first-order valence-corrected chi connectivity index (χ1v) is 11.4. The van der Waals surface area contributed by atoms with E-state index in [0.717, 1.165) is 29.7 Å². The average Bonchev–Trinajstić information content (AvgIpc) is 2.67. The van der Waals surface area contributed by atoms with Gasteiger partial charge in [-0.3, -0.25) is 9.59 Å². The molecule has 1 saturated carbocycles. The maximum atomic E-state index is 12.0. The summed E-state index contributed by atoms with van der Waals surface area (Å²) in [5.74, 6) is 1.28. The van der Waals surface area contributed by atoms with Crippen molar-refractivity contribution in [1.29, 1.82) is 0 Å². The fraction of sp³-hybridized carbons (Fsp3) is 0.500. The second-order valence-electron chi connectivity index (χ2n) is 10.5. The molecule has 1 aliphatic carbocycles. The Kier molecular flexibility index (Phi) is 6.83. The molecule has 2 aromatic rings. The smallest absolute Gasteiger partial charge is 0.318 e. The Labute approximate surface area is 192 Å².